The van der Waals surface area contributed by atoms with Crippen molar-refractivity contribution < 1.29 is 27.6 Å². The Labute approximate surface area is 326 Å². The van der Waals surface area contributed by atoms with E-state index in [9.17, 15) is 18.0 Å². The summed E-state index contributed by atoms with van der Waals surface area (Å²) in [7, 11) is -3.29. The molecule has 1 fully saturated rings. The van der Waals surface area contributed by atoms with Crippen molar-refractivity contribution in [2.75, 3.05) is 18.2 Å². The number of rotatable bonds is 9. The summed E-state index contributed by atoms with van der Waals surface area (Å²) in [4.78, 5) is 32.1. The van der Waals surface area contributed by atoms with Crippen molar-refractivity contribution in [3.63, 3.8) is 0 Å². The number of amides is 3. The number of nitrogens with zero attached hydrogens (tertiary/aromatic N) is 1. The Kier molecular flexibility index (Phi) is 11.9. The van der Waals surface area contributed by atoms with Gasteiger partial charge in [-0.1, -0.05) is 78.9 Å². The van der Waals surface area contributed by atoms with Gasteiger partial charge in [0.1, 0.15) is 0 Å². The Hall–Kier alpha value is -5.07. The molecule has 3 aromatic carbocycles. The molecule has 1 aromatic heterocycles. The van der Waals surface area contributed by atoms with E-state index in [1.54, 1.807) is 23.5 Å². The highest BCUT2D eigenvalue weighted by atomic mass is 32.2. The first-order chi connectivity index (χ1) is 26.7. The van der Waals surface area contributed by atoms with Crippen LogP contribution in [0.5, 0.6) is 0 Å². The number of carbonyl (C=O) groups excluding carboxylic acids is 2. The topological polar surface area (TPSA) is 128 Å². The summed E-state index contributed by atoms with van der Waals surface area (Å²) in [5.41, 5.74) is 16.7. The van der Waals surface area contributed by atoms with E-state index in [2.05, 4.69) is 72.6 Å². The molecule has 1 saturated heterocycles. The molecule has 2 aliphatic carbocycles. The van der Waals surface area contributed by atoms with Crippen LogP contribution in [0, 0.1) is 0 Å². The van der Waals surface area contributed by atoms with Crippen LogP contribution in [0.4, 0.5) is 10.5 Å². The van der Waals surface area contributed by atoms with Crippen LogP contribution in [0.3, 0.4) is 0 Å². The molecule has 284 valence electrons. The quantitative estimate of drug-likeness (QED) is 0.130. The molecule has 11 heteroatoms. The van der Waals surface area contributed by atoms with E-state index >= 15 is 0 Å². The number of ether oxygens (including phenoxy) is 1. The van der Waals surface area contributed by atoms with Gasteiger partial charge in [0.2, 0.25) is 5.91 Å². The van der Waals surface area contributed by atoms with E-state index in [0.29, 0.717) is 18.8 Å². The molecule has 2 atom stereocenters. The highest BCUT2D eigenvalue weighted by Gasteiger charge is 2.26. The molecule has 3 N–H and O–H groups in total. The number of aryl methyl sites for hydroxylation is 1. The fraction of sp³-hybridized carbons (Fsp3) is 0.273. The number of fused-ring (bicyclic) bond motifs is 5. The average Bonchev–Trinajstić information content (AvgIpc) is 3.71. The molecule has 0 spiro atoms. The summed E-state index contributed by atoms with van der Waals surface area (Å²) in [6.45, 7) is 4.71. The van der Waals surface area contributed by atoms with Gasteiger partial charge in [0.25, 0.3) is 0 Å². The number of benzene rings is 3. The molecule has 9 nitrogen and oxygen atoms in total. The molecule has 0 saturated carbocycles. The highest BCUT2D eigenvalue weighted by molar-refractivity contribution is 7.95. The number of carbonyl (C=O) groups is 2. The van der Waals surface area contributed by atoms with Crippen molar-refractivity contribution in [1.82, 2.24) is 5.32 Å². The summed E-state index contributed by atoms with van der Waals surface area (Å²) < 4.78 is 28.1. The van der Waals surface area contributed by atoms with E-state index < -0.39 is 27.3 Å². The third-order valence-corrected chi connectivity index (χ3v) is 13.1. The Balaban J connectivity index is 0.000000333. The van der Waals surface area contributed by atoms with Gasteiger partial charge in [-0.15, -0.1) is 17.9 Å². The van der Waals surface area contributed by atoms with E-state index in [1.807, 2.05) is 18.2 Å². The SMILES string of the molecule is C=CCNC(=O)N(OC1CCCCO1)c1cccc(-c2ccc(C3=Cc4ccc5c(c4CC3)CCc3ccccc3-5)s2)c1.NC(=O)CC1C=CC=CS1(=O)=O. The van der Waals surface area contributed by atoms with Gasteiger partial charge in [0, 0.05) is 41.2 Å². The smallest absolute Gasteiger partial charge is 0.346 e. The van der Waals surface area contributed by atoms with Gasteiger partial charge in [0.15, 0.2) is 16.1 Å². The second-order valence-electron chi connectivity index (χ2n) is 13.9. The van der Waals surface area contributed by atoms with Crippen molar-refractivity contribution in [1.29, 1.82) is 0 Å². The number of hydrogen-bond donors (Lipinski definition) is 2. The van der Waals surface area contributed by atoms with Crippen molar-refractivity contribution in [3.8, 4) is 21.6 Å². The lowest BCUT2D eigenvalue weighted by Crippen LogP contribution is -2.43. The zero-order chi connectivity index (χ0) is 38.4. The number of primary amides is 1. The van der Waals surface area contributed by atoms with Crippen molar-refractivity contribution in [2.45, 2.75) is 62.9 Å². The first-order valence-electron chi connectivity index (χ1n) is 18.7. The van der Waals surface area contributed by atoms with Gasteiger partial charge in [-0.2, -0.15) is 5.06 Å². The van der Waals surface area contributed by atoms with Crippen LogP contribution in [0.25, 0.3) is 33.2 Å². The third-order valence-electron chi connectivity index (χ3n) is 10.2. The molecular formula is C44H45N3O6S2. The van der Waals surface area contributed by atoms with E-state index in [0.717, 1.165) is 60.8 Å². The van der Waals surface area contributed by atoms with Gasteiger partial charge < -0.3 is 15.8 Å². The monoisotopic (exact) mass is 775 g/mol. The summed E-state index contributed by atoms with van der Waals surface area (Å²) in [5.74, 6) is -0.608. The molecule has 2 unspecified atom stereocenters. The Morgan fingerprint density at radius 2 is 1.78 bits per heavy atom. The summed E-state index contributed by atoms with van der Waals surface area (Å²) >= 11 is 1.80. The zero-order valence-electron chi connectivity index (χ0n) is 30.6. The standard InChI is InChI=1S/C37H36N2O3S.C7H9NO3S/c1-2-21-38-37(40)39(42-36-12-5-6-22-41-36)29-10-7-9-27(24-29)34-19-20-35(43-34)28-15-16-31-26(23-28)14-18-32-30-11-4-3-8-25(30)13-17-33(31)32;8-7(9)5-6-3-1-2-4-12(6,10)11/h2-4,7-11,14,18-20,23-24,36H,1,5-6,12-13,15-17,21-22H2,(H,38,40);1-4,6H,5H2,(H2,8,9). The minimum Gasteiger partial charge on any atom is -0.370 e. The maximum Gasteiger partial charge on any atom is 0.346 e. The molecule has 3 heterocycles. The van der Waals surface area contributed by atoms with Crippen LogP contribution in [0.2, 0.25) is 0 Å². The third kappa shape index (κ3) is 8.92. The van der Waals surface area contributed by atoms with Gasteiger partial charge in [-0.3, -0.25) is 4.79 Å². The Morgan fingerprint density at radius 1 is 0.945 bits per heavy atom. The number of urea groups is 1. The molecule has 3 amide bonds. The Morgan fingerprint density at radius 3 is 2.58 bits per heavy atom. The van der Waals surface area contributed by atoms with Crippen LogP contribution in [-0.2, 0) is 43.5 Å². The van der Waals surface area contributed by atoms with Gasteiger partial charge >= 0.3 is 6.03 Å². The first-order valence-corrected chi connectivity index (χ1v) is 21.1. The molecule has 4 aliphatic rings. The number of hydroxylamine groups is 1. The maximum absolute atomic E-state index is 13.1. The second kappa shape index (κ2) is 17.2. The number of allylic oxidation sites excluding steroid dienone is 3. The molecule has 55 heavy (non-hydrogen) atoms. The van der Waals surface area contributed by atoms with Crippen molar-refractivity contribution in [2.24, 2.45) is 5.73 Å². The van der Waals surface area contributed by atoms with Crippen LogP contribution >= 0.6 is 11.3 Å². The van der Waals surface area contributed by atoms with Gasteiger partial charge in [-0.05, 0) is 107 Å². The van der Waals surface area contributed by atoms with E-state index in [1.165, 1.54) is 61.0 Å². The minimum atomic E-state index is -3.29. The summed E-state index contributed by atoms with van der Waals surface area (Å²) in [5, 5.41) is 4.48. The molecule has 2 aliphatic heterocycles. The van der Waals surface area contributed by atoms with Crippen LogP contribution in [0.1, 0.15) is 59.2 Å². The predicted octanol–water partition coefficient (Wildman–Crippen LogP) is 8.56. The van der Waals surface area contributed by atoms with E-state index in [-0.39, 0.29) is 12.5 Å². The number of hydrogen-bond acceptors (Lipinski definition) is 7. The molecular weight excluding hydrogens is 731 g/mol. The number of sulfone groups is 1. The molecule has 4 aromatic rings. The lowest BCUT2D eigenvalue weighted by atomic mass is 9.78. The fourth-order valence-corrected chi connectivity index (χ4v) is 9.67. The Bertz CT molecular complexity index is 2280. The zero-order valence-corrected chi connectivity index (χ0v) is 32.2. The first kappa shape index (κ1) is 38.2. The second-order valence-corrected chi connectivity index (χ2v) is 17.0. The van der Waals surface area contributed by atoms with Crippen LogP contribution < -0.4 is 16.1 Å². The van der Waals surface area contributed by atoms with Gasteiger partial charge in [0.05, 0.1) is 10.9 Å². The fourth-order valence-electron chi connectivity index (χ4n) is 7.41. The number of anilines is 1. The minimum absolute atomic E-state index is 0.150. The summed E-state index contributed by atoms with van der Waals surface area (Å²) in [6.07, 6.45) is 15.1. The molecule has 0 radical (unpaired) electrons. The normalized spacial score (nSPS) is 19.0. The lowest BCUT2D eigenvalue weighted by Gasteiger charge is -2.29. The van der Waals surface area contributed by atoms with Crippen LogP contribution in [0.15, 0.2) is 109 Å². The number of thiophene rings is 1. The average molecular weight is 776 g/mol. The van der Waals surface area contributed by atoms with Crippen molar-refractivity contribution >= 4 is 50.4 Å². The predicted molar refractivity (Wildman–Crippen MR) is 221 cm³/mol. The van der Waals surface area contributed by atoms with Crippen molar-refractivity contribution in [3.05, 3.63) is 136 Å². The van der Waals surface area contributed by atoms with Crippen LogP contribution in [-0.4, -0.2) is 45.0 Å². The highest BCUT2D eigenvalue weighted by Crippen LogP contribution is 2.42. The van der Waals surface area contributed by atoms with E-state index in [4.69, 9.17) is 15.3 Å². The number of nitrogens with two attached hydrogens (primary N) is 1. The lowest BCUT2D eigenvalue weighted by molar-refractivity contribution is -0.163. The molecule has 0 bridgehead atoms. The van der Waals surface area contributed by atoms with Gasteiger partial charge in [-0.25, -0.2) is 18.0 Å². The largest absolute Gasteiger partial charge is 0.370 e. The maximum atomic E-state index is 13.1. The summed E-state index contributed by atoms with van der Waals surface area (Å²) in [6, 6.07) is 25.6. The molecule has 8 rings (SSSR count). The number of nitrogens with one attached hydrogen (secondary N) is 1.